The van der Waals surface area contributed by atoms with Gasteiger partial charge in [-0.2, -0.15) is 0 Å². The molecular formula is C14H26N2O2. The minimum Gasteiger partial charge on any atom is -0.496 e. The Balaban J connectivity index is 2.16. The van der Waals surface area contributed by atoms with Crippen LogP contribution in [-0.4, -0.2) is 24.9 Å². The van der Waals surface area contributed by atoms with Gasteiger partial charge in [0.1, 0.15) is 11.8 Å². The topological polar surface area (TPSA) is 56.5 Å². The molecule has 0 spiro atoms. The number of rotatable bonds is 5. The molecule has 0 amide bonds. The molecular weight excluding hydrogens is 228 g/mol. The van der Waals surface area contributed by atoms with Gasteiger partial charge in [0.05, 0.1) is 12.2 Å². The quantitative estimate of drug-likeness (QED) is 0.583. The van der Waals surface area contributed by atoms with Crippen molar-refractivity contribution in [3.8, 4) is 0 Å². The van der Waals surface area contributed by atoms with Gasteiger partial charge >= 0.3 is 0 Å². The van der Waals surface area contributed by atoms with Crippen molar-refractivity contribution in [2.75, 3.05) is 13.2 Å². The Morgan fingerprint density at radius 3 is 2.78 bits per heavy atom. The van der Waals surface area contributed by atoms with E-state index in [1.54, 1.807) is 0 Å². The summed E-state index contributed by atoms with van der Waals surface area (Å²) < 4.78 is 11.8. The van der Waals surface area contributed by atoms with Gasteiger partial charge in [-0.1, -0.05) is 6.92 Å². The fourth-order valence-corrected chi connectivity index (χ4v) is 3.19. The van der Waals surface area contributed by atoms with Crippen molar-refractivity contribution in [2.45, 2.75) is 57.6 Å². The van der Waals surface area contributed by atoms with Crippen LogP contribution in [0.4, 0.5) is 0 Å². The van der Waals surface area contributed by atoms with Crippen LogP contribution in [-0.2, 0) is 9.47 Å². The summed E-state index contributed by atoms with van der Waals surface area (Å²) in [7, 11) is 0. The zero-order valence-corrected chi connectivity index (χ0v) is 11.6. The van der Waals surface area contributed by atoms with Crippen LogP contribution in [0.2, 0.25) is 0 Å². The molecule has 1 fully saturated rings. The maximum absolute atomic E-state index is 6.12. The smallest absolute Gasteiger partial charge is 0.113 e. The van der Waals surface area contributed by atoms with E-state index in [9.17, 15) is 0 Å². The molecule has 1 saturated carbocycles. The van der Waals surface area contributed by atoms with Crippen molar-refractivity contribution >= 4 is 0 Å². The van der Waals surface area contributed by atoms with E-state index in [-0.39, 0.29) is 11.6 Å². The molecule has 0 bridgehead atoms. The first-order chi connectivity index (χ1) is 8.72. The normalized spacial score (nSPS) is 33.9. The molecule has 18 heavy (non-hydrogen) atoms. The van der Waals surface area contributed by atoms with Crippen molar-refractivity contribution in [3.05, 3.63) is 11.8 Å². The molecule has 4 heteroatoms. The minimum absolute atomic E-state index is 0.00699. The lowest BCUT2D eigenvalue weighted by Crippen LogP contribution is -2.57. The summed E-state index contributed by atoms with van der Waals surface area (Å²) in [4.78, 5) is 0. The van der Waals surface area contributed by atoms with E-state index in [1.807, 2.05) is 0 Å². The standard InChI is InChI=1S/C14H26N2O2/c1-3-18-14(8-6-11(2)7-9-14)13(16-15)12-5-4-10-17-12/h5,11,13,16H,3-4,6-10,15H2,1-2H3. The zero-order chi connectivity index (χ0) is 13.0. The van der Waals surface area contributed by atoms with Gasteiger partial charge < -0.3 is 9.47 Å². The summed E-state index contributed by atoms with van der Waals surface area (Å²) in [5, 5.41) is 0. The van der Waals surface area contributed by atoms with Crippen LogP contribution in [0.3, 0.4) is 0 Å². The van der Waals surface area contributed by atoms with E-state index in [2.05, 4.69) is 25.3 Å². The molecule has 1 heterocycles. The molecule has 1 atom stereocenters. The average Bonchev–Trinajstić information content (AvgIpc) is 2.88. The van der Waals surface area contributed by atoms with Crippen LogP contribution < -0.4 is 11.3 Å². The highest BCUT2D eigenvalue weighted by atomic mass is 16.5. The number of ether oxygens (including phenoxy) is 2. The number of hydrogen-bond acceptors (Lipinski definition) is 4. The molecule has 0 aromatic rings. The molecule has 1 aliphatic heterocycles. The molecule has 4 nitrogen and oxygen atoms in total. The lowest BCUT2D eigenvalue weighted by atomic mass is 9.74. The van der Waals surface area contributed by atoms with E-state index < -0.39 is 0 Å². The van der Waals surface area contributed by atoms with Crippen LogP contribution in [0.15, 0.2) is 11.8 Å². The fourth-order valence-electron chi connectivity index (χ4n) is 3.19. The highest BCUT2D eigenvalue weighted by molar-refractivity contribution is 5.15. The third-order valence-electron chi connectivity index (χ3n) is 4.26. The molecule has 1 unspecified atom stereocenters. The van der Waals surface area contributed by atoms with Crippen molar-refractivity contribution < 1.29 is 9.47 Å². The summed E-state index contributed by atoms with van der Waals surface area (Å²) in [5.41, 5.74) is 2.75. The first-order valence-electron chi connectivity index (χ1n) is 7.15. The first kappa shape index (κ1) is 13.8. The van der Waals surface area contributed by atoms with Crippen molar-refractivity contribution in [1.82, 2.24) is 5.43 Å². The summed E-state index contributed by atoms with van der Waals surface area (Å²) in [6.45, 7) is 5.86. The third-order valence-corrected chi connectivity index (χ3v) is 4.26. The lowest BCUT2D eigenvalue weighted by Gasteiger charge is -2.44. The SMILES string of the molecule is CCOC1(C(NN)C2=CCCO2)CCC(C)CC1. The van der Waals surface area contributed by atoms with Crippen molar-refractivity contribution in [2.24, 2.45) is 11.8 Å². The van der Waals surface area contributed by atoms with Gasteiger partial charge in [0.25, 0.3) is 0 Å². The van der Waals surface area contributed by atoms with E-state index >= 15 is 0 Å². The Kier molecular flexibility index (Phi) is 4.65. The Morgan fingerprint density at radius 2 is 2.28 bits per heavy atom. The molecule has 0 aromatic carbocycles. The molecule has 2 aliphatic rings. The van der Waals surface area contributed by atoms with Crippen LogP contribution in [0, 0.1) is 5.92 Å². The van der Waals surface area contributed by atoms with Crippen LogP contribution in [0.1, 0.15) is 46.0 Å². The Bertz CT molecular complexity index is 296. The number of hydrazine groups is 1. The molecule has 0 saturated heterocycles. The zero-order valence-electron chi connectivity index (χ0n) is 11.6. The van der Waals surface area contributed by atoms with Gasteiger partial charge in [-0.25, -0.2) is 5.43 Å². The minimum atomic E-state index is -0.188. The van der Waals surface area contributed by atoms with E-state index in [4.69, 9.17) is 15.3 Å². The fraction of sp³-hybridized carbons (Fsp3) is 0.857. The molecule has 0 aromatic heterocycles. The van der Waals surface area contributed by atoms with Gasteiger partial charge in [-0.05, 0) is 44.6 Å². The highest BCUT2D eigenvalue weighted by Gasteiger charge is 2.44. The predicted octanol–water partition coefficient (Wildman–Crippen LogP) is 2.11. The van der Waals surface area contributed by atoms with Gasteiger partial charge in [0, 0.05) is 13.0 Å². The Morgan fingerprint density at radius 1 is 1.56 bits per heavy atom. The second-order valence-electron chi connectivity index (χ2n) is 5.52. The molecule has 3 N–H and O–H groups in total. The Labute approximate surface area is 110 Å². The van der Waals surface area contributed by atoms with Gasteiger partial charge in [-0.3, -0.25) is 5.84 Å². The van der Waals surface area contributed by atoms with E-state index in [0.717, 1.165) is 44.2 Å². The van der Waals surface area contributed by atoms with Gasteiger partial charge in [0.15, 0.2) is 0 Å². The van der Waals surface area contributed by atoms with Crippen LogP contribution in [0.25, 0.3) is 0 Å². The monoisotopic (exact) mass is 254 g/mol. The number of nitrogens with one attached hydrogen (secondary N) is 1. The lowest BCUT2D eigenvalue weighted by molar-refractivity contribution is -0.0965. The summed E-state index contributed by atoms with van der Waals surface area (Å²) in [5.74, 6) is 7.54. The molecule has 104 valence electrons. The van der Waals surface area contributed by atoms with E-state index in [0.29, 0.717) is 0 Å². The summed E-state index contributed by atoms with van der Waals surface area (Å²) in [6, 6.07) is -0.00699. The molecule has 0 radical (unpaired) electrons. The average molecular weight is 254 g/mol. The Hall–Kier alpha value is -0.580. The summed E-state index contributed by atoms with van der Waals surface area (Å²) in [6.07, 6.45) is 7.63. The third kappa shape index (κ3) is 2.71. The number of hydrogen-bond donors (Lipinski definition) is 2. The number of nitrogens with two attached hydrogens (primary N) is 1. The second kappa shape index (κ2) is 6.04. The maximum Gasteiger partial charge on any atom is 0.113 e. The maximum atomic E-state index is 6.12. The summed E-state index contributed by atoms with van der Waals surface area (Å²) >= 11 is 0. The van der Waals surface area contributed by atoms with Gasteiger partial charge in [0.2, 0.25) is 0 Å². The van der Waals surface area contributed by atoms with E-state index in [1.165, 1.54) is 12.8 Å². The largest absolute Gasteiger partial charge is 0.496 e. The van der Waals surface area contributed by atoms with Crippen molar-refractivity contribution in [1.29, 1.82) is 0 Å². The molecule has 2 rings (SSSR count). The van der Waals surface area contributed by atoms with Crippen LogP contribution in [0.5, 0.6) is 0 Å². The van der Waals surface area contributed by atoms with Gasteiger partial charge in [-0.15, -0.1) is 0 Å². The second-order valence-corrected chi connectivity index (χ2v) is 5.52. The van der Waals surface area contributed by atoms with Crippen LogP contribution >= 0.6 is 0 Å². The highest BCUT2D eigenvalue weighted by Crippen LogP contribution is 2.40. The van der Waals surface area contributed by atoms with Crippen molar-refractivity contribution in [3.63, 3.8) is 0 Å². The predicted molar refractivity (Wildman–Crippen MR) is 71.8 cm³/mol. The molecule has 1 aliphatic carbocycles. The first-order valence-corrected chi connectivity index (χ1v) is 7.15.